The van der Waals surface area contributed by atoms with Crippen LogP contribution in [-0.4, -0.2) is 38.1 Å². The van der Waals surface area contributed by atoms with Gasteiger partial charge in [-0.05, 0) is 30.3 Å². The van der Waals surface area contributed by atoms with Crippen LogP contribution in [0.1, 0.15) is 5.56 Å². The largest absolute Gasteiger partial charge is 0.477 e. The Labute approximate surface area is 159 Å². The highest BCUT2D eigenvalue weighted by Gasteiger charge is 2.32. The molecule has 0 spiro atoms. The lowest BCUT2D eigenvalue weighted by atomic mass is 10.1. The average Bonchev–Trinajstić information content (AvgIpc) is 2.66. The predicted octanol–water partition coefficient (Wildman–Crippen LogP) is 2.66. The van der Waals surface area contributed by atoms with Crippen molar-refractivity contribution in [3.63, 3.8) is 0 Å². The van der Waals surface area contributed by atoms with Crippen LogP contribution < -0.4 is 20.3 Å². The number of hydrogen-bond donors (Lipinski definition) is 2. The molecule has 6 nitrogen and oxygen atoms in total. The maximum absolute atomic E-state index is 12.8. The van der Waals surface area contributed by atoms with Gasteiger partial charge >= 0.3 is 6.18 Å². The molecule has 28 heavy (non-hydrogen) atoms. The summed E-state index contributed by atoms with van der Waals surface area (Å²) in [6.07, 6.45) is -5.30. The molecule has 0 radical (unpaired) electrons. The van der Waals surface area contributed by atoms with Gasteiger partial charge in [0.2, 0.25) is 5.91 Å². The Bertz CT molecular complexity index is 886. The second kappa shape index (κ2) is 7.79. The van der Waals surface area contributed by atoms with Gasteiger partial charge in [-0.15, -0.1) is 0 Å². The quantitative estimate of drug-likeness (QED) is 0.838. The Hall–Kier alpha value is -3.23. The van der Waals surface area contributed by atoms with E-state index in [9.17, 15) is 22.8 Å². The summed E-state index contributed by atoms with van der Waals surface area (Å²) in [6.45, 7) is -0.0171. The number of fused-ring (bicyclic) bond motifs is 1. The average molecular weight is 393 g/mol. The first-order valence-corrected chi connectivity index (χ1v) is 8.47. The van der Waals surface area contributed by atoms with E-state index in [1.807, 2.05) is 0 Å². The standard InChI is InChI=1S/C19H18F3N3O3/c1-23-18(27)16-10-25(14-7-2-3-8-15(14)28-16)11-17(26)24-13-6-4-5-12(9-13)19(20,21)22/h2-9,16H,10-11H2,1H3,(H,23,27)(H,24,26)/t16-/m1/s1. The lowest BCUT2D eigenvalue weighted by Crippen LogP contribution is -2.50. The minimum Gasteiger partial charge on any atom is -0.477 e. The molecule has 1 aliphatic rings. The van der Waals surface area contributed by atoms with Crippen LogP contribution in [0.15, 0.2) is 48.5 Å². The van der Waals surface area contributed by atoms with Crippen molar-refractivity contribution in [2.24, 2.45) is 0 Å². The second-order valence-corrected chi connectivity index (χ2v) is 6.20. The van der Waals surface area contributed by atoms with Crippen LogP contribution in [0.5, 0.6) is 5.75 Å². The molecule has 1 heterocycles. The summed E-state index contributed by atoms with van der Waals surface area (Å²) in [5.74, 6) is -0.390. The number of carbonyl (C=O) groups is 2. The summed E-state index contributed by atoms with van der Waals surface area (Å²) in [5, 5.41) is 4.97. The van der Waals surface area contributed by atoms with Gasteiger partial charge in [-0.25, -0.2) is 0 Å². The molecule has 2 aromatic carbocycles. The van der Waals surface area contributed by atoms with Gasteiger partial charge in [0.15, 0.2) is 6.10 Å². The Morgan fingerprint density at radius 2 is 1.93 bits per heavy atom. The maximum Gasteiger partial charge on any atom is 0.416 e. The lowest BCUT2D eigenvalue weighted by Gasteiger charge is -2.35. The SMILES string of the molecule is CNC(=O)[C@H]1CN(CC(=O)Nc2cccc(C(F)(F)F)c2)c2ccccc2O1. The minimum absolute atomic E-state index is 0.0456. The molecule has 2 N–H and O–H groups in total. The number of anilines is 2. The monoisotopic (exact) mass is 393 g/mol. The zero-order chi connectivity index (χ0) is 20.3. The number of nitrogens with zero attached hydrogens (tertiary/aromatic N) is 1. The van der Waals surface area contributed by atoms with Crippen LogP contribution in [0.4, 0.5) is 24.5 Å². The number of benzene rings is 2. The molecule has 0 saturated carbocycles. The van der Waals surface area contributed by atoms with Crippen LogP contribution in [0.3, 0.4) is 0 Å². The number of likely N-dealkylation sites (N-methyl/N-ethyl adjacent to an activating group) is 1. The number of amides is 2. The lowest BCUT2D eigenvalue weighted by molar-refractivity contribution is -0.137. The molecule has 1 aliphatic heterocycles. The van der Waals surface area contributed by atoms with Crippen molar-refractivity contribution in [1.82, 2.24) is 5.32 Å². The summed E-state index contributed by atoms with van der Waals surface area (Å²) in [5.41, 5.74) is -0.173. The molecular formula is C19H18F3N3O3. The van der Waals surface area contributed by atoms with E-state index in [0.717, 1.165) is 12.1 Å². The van der Waals surface area contributed by atoms with E-state index < -0.39 is 23.8 Å². The fourth-order valence-electron chi connectivity index (χ4n) is 2.90. The summed E-state index contributed by atoms with van der Waals surface area (Å²) >= 11 is 0. The molecule has 0 bridgehead atoms. The first-order chi connectivity index (χ1) is 13.3. The topological polar surface area (TPSA) is 70.7 Å². The third-order valence-corrected chi connectivity index (χ3v) is 4.21. The fourth-order valence-corrected chi connectivity index (χ4v) is 2.90. The molecule has 0 aromatic heterocycles. The number of carbonyl (C=O) groups excluding carboxylic acids is 2. The van der Waals surface area contributed by atoms with Crippen LogP contribution in [0.2, 0.25) is 0 Å². The zero-order valence-corrected chi connectivity index (χ0v) is 14.9. The van der Waals surface area contributed by atoms with E-state index in [-0.39, 0.29) is 24.7 Å². The molecule has 2 amide bonds. The fraction of sp³-hybridized carbons (Fsp3) is 0.263. The smallest absolute Gasteiger partial charge is 0.416 e. The third-order valence-electron chi connectivity index (χ3n) is 4.21. The van der Waals surface area contributed by atoms with Crippen LogP contribution >= 0.6 is 0 Å². The van der Waals surface area contributed by atoms with Crippen molar-refractivity contribution in [3.8, 4) is 5.75 Å². The predicted molar refractivity (Wildman–Crippen MR) is 97.2 cm³/mol. The maximum atomic E-state index is 12.8. The van der Waals surface area contributed by atoms with E-state index in [1.165, 1.54) is 19.2 Å². The highest BCUT2D eigenvalue weighted by atomic mass is 19.4. The molecule has 0 aliphatic carbocycles. The highest BCUT2D eigenvalue weighted by Crippen LogP contribution is 2.33. The van der Waals surface area contributed by atoms with Crippen molar-refractivity contribution >= 4 is 23.2 Å². The summed E-state index contributed by atoms with van der Waals surface area (Å²) in [4.78, 5) is 26.0. The number of ether oxygens (including phenoxy) is 1. The summed E-state index contributed by atoms with van der Waals surface area (Å²) in [7, 11) is 1.48. The van der Waals surface area contributed by atoms with Gasteiger partial charge in [0.25, 0.3) is 5.91 Å². The number of rotatable bonds is 4. The molecule has 9 heteroatoms. The van der Waals surface area contributed by atoms with Gasteiger partial charge in [0, 0.05) is 12.7 Å². The van der Waals surface area contributed by atoms with Crippen molar-refractivity contribution in [1.29, 1.82) is 0 Å². The highest BCUT2D eigenvalue weighted by molar-refractivity contribution is 5.95. The molecular weight excluding hydrogens is 375 g/mol. The first kappa shape index (κ1) is 19.5. The van der Waals surface area contributed by atoms with Crippen molar-refractivity contribution in [2.45, 2.75) is 12.3 Å². The minimum atomic E-state index is -4.50. The second-order valence-electron chi connectivity index (χ2n) is 6.20. The van der Waals surface area contributed by atoms with E-state index in [0.29, 0.717) is 11.4 Å². The first-order valence-electron chi connectivity index (χ1n) is 8.47. The molecule has 0 saturated heterocycles. The Morgan fingerprint density at radius 3 is 2.64 bits per heavy atom. The molecule has 3 rings (SSSR count). The normalized spacial score (nSPS) is 16.0. The van der Waals surface area contributed by atoms with Gasteiger partial charge in [0.1, 0.15) is 5.75 Å². The molecule has 2 aromatic rings. The zero-order valence-electron chi connectivity index (χ0n) is 14.9. The number of halogens is 3. The number of hydrogen-bond acceptors (Lipinski definition) is 4. The van der Waals surface area contributed by atoms with E-state index in [1.54, 1.807) is 29.2 Å². The molecule has 1 atom stereocenters. The van der Waals surface area contributed by atoms with Gasteiger partial charge in [-0.2, -0.15) is 13.2 Å². The number of nitrogens with one attached hydrogen (secondary N) is 2. The third kappa shape index (κ3) is 4.36. The molecule has 0 unspecified atom stereocenters. The van der Waals surface area contributed by atoms with Crippen molar-refractivity contribution in [3.05, 3.63) is 54.1 Å². The summed E-state index contributed by atoms with van der Waals surface area (Å²) in [6, 6.07) is 11.3. The van der Waals surface area contributed by atoms with Gasteiger partial charge in [-0.1, -0.05) is 18.2 Å². The van der Waals surface area contributed by atoms with Crippen molar-refractivity contribution < 1.29 is 27.5 Å². The summed E-state index contributed by atoms with van der Waals surface area (Å²) < 4.78 is 44.1. The van der Waals surface area contributed by atoms with Crippen molar-refractivity contribution in [2.75, 3.05) is 30.4 Å². The Kier molecular flexibility index (Phi) is 5.43. The van der Waals surface area contributed by atoms with Gasteiger partial charge in [-0.3, -0.25) is 9.59 Å². The van der Waals surface area contributed by atoms with Gasteiger partial charge in [0.05, 0.1) is 24.3 Å². The molecule has 148 valence electrons. The number of alkyl halides is 3. The van der Waals surface area contributed by atoms with Crippen LogP contribution in [-0.2, 0) is 15.8 Å². The van der Waals surface area contributed by atoms with E-state index in [2.05, 4.69) is 10.6 Å². The molecule has 0 fully saturated rings. The van der Waals surface area contributed by atoms with Crippen LogP contribution in [0, 0.1) is 0 Å². The van der Waals surface area contributed by atoms with E-state index in [4.69, 9.17) is 4.74 Å². The van der Waals surface area contributed by atoms with Crippen LogP contribution in [0.25, 0.3) is 0 Å². The van der Waals surface area contributed by atoms with E-state index >= 15 is 0 Å². The Balaban J connectivity index is 1.75. The number of para-hydroxylation sites is 2. The van der Waals surface area contributed by atoms with Gasteiger partial charge < -0.3 is 20.3 Å². The Morgan fingerprint density at radius 1 is 1.18 bits per heavy atom.